The van der Waals surface area contributed by atoms with Crippen LogP contribution in [0.25, 0.3) is 0 Å². The van der Waals surface area contributed by atoms with Crippen LogP contribution < -0.4 is 0 Å². The normalized spacial score (nSPS) is 12.4. The molecule has 0 aromatic heterocycles. The Morgan fingerprint density at radius 2 is 1.89 bits per heavy atom. The molecule has 1 atom stereocenters. The fourth-order valence-electron chi connectivity index (χ4n) is 1.51. The molecular formula is C14H12BrFOS. The molecule has 2 aromatic carbocycles. The highest BCUT2D eigenvalue weighted by atomic mass is 79.9. The summed E-state index contributed by atoms with van der Waals surface area (Å²) in [6.45, 7) is 1.62. The summed E-state index contributed by atoms with van der Waals surface area (Å²) in [4.78, 5) is 1.51. The van der Waals surface area contributed by atoms with Gasteiger partial charge in [0.1, 0.15) is 5.82 Å². The van der Waals surface area contributed by atoms with Crippen molar-refractivity contribution in [2.45, 2.75) is 22.8 Å². The van der Waals surface area contributed by atoms with Crippen LogP contribution in [0.3, 0.4) is 0 Å². The van der Waals surface area contributed by atoms with Crippen molar-refractivity contribution in [3.8, 4) is 0 Å². The summed E-state index contributed by atoms with van der Waals surface area (Å²) in [5.74, 6) is -0.311. The summed E-state index contributed by atoms with van der Waals surface area (Å²) < 4.78 is 14.8. The second-order valence-electron chi connectivity index (χ2n) is 3.90. The van der Waals surface area contributed by atoms with Crippen molar-refractivity contribution < 1.29 is 9.50 Å². The monoisotopic (exact) mass is 326 g/mol. The van der Waals surface area contributed by atoms with Crippen molar-refractivity contribution in [1.82, 2.24) is 0 Å². The van der Waals surface area contributed by atoms with Gasteiger partial charge in [-0.3, -0.25) is 0 Å². The van der Waals surface area contributed by atoms with Gasteiger partial charge in [-0.25, -0.2) is 4.39 Å². The van der Waals surface area contributed by atoms with Crippen LogP contribution in [-0.2, 0) is 0 Å². The van der Waals surface area contributed by atoms with Crippen molar-refractivity contribution in [2.24, 2.45) is 0 Å². The van der Waals surface area contributed by atoms with Crippen LogP contribution in [-0.4, -0.2) is 5.11 Å². The molecule has 0 aliphatic rings. The molecule has 0 heterocycles. The Hall–Kier alpha value is -0.840. The van der Waals surface area contributed by atoms with Crippen LogP contribution in [0.15, 0.2) is 56.7 Å². The zero-order chi connectivity index (χ0) is 13.1. The van der Waals surface area contributed by atoms with E-state index in [1.165, 1.54) is 17.8 Å². The average Bonchev–Trinajstić information content (AvgIpc) is 2.34. The van der Waals surface area contributed by atoms with E-state index < -0.39 is 6.10 Å². The molecule has 4 heteroatoms. The van der Waals surface area contributed by atoms with Crippen LogP contribution in [0, 0.1) is 5.82 Å². The largest absolute Gasteiger partial charge is 0.389 e. The molecule has 0 saturated carbocycles. The lowest BCUT2D eigenvalue weighted by Crippen LogP contribution is -1.93. The lowest BCUT2D eigenvalue weighted by molar-refractivity contribution is 0.198. The highest BCUT2D eigenvalue weighted by Crippen LogP contribution is 2.35. The van der Waals surface area contributed by atoms with E-state index in [1.54, 1.807) is 19.1 Å². The molecule has 0 aliphatic heterocycles. The van der Waals surface area contributed by atoms with E-state index >= 15 is 0 Å². The standard InChI is InChI=1S/C14H12BrFOS/c1-9(17)10-6-7-14(12(16)8-10)18-13-5-3-2-4-11(13)15/h2-9,17H,1H3/t9-/m0/s1. The molecule has 0 spiro atoms. The van der Waals surface area contributed by atoms with Gasteiger partial charge >= 0.3 is 0 Å². The lowest BCUT2D eigenvalue weighted by atomic mass is 10.1. The van der Waals surface area contributed by atoms with E-state index in [0.717, 1.165) is 9.37 Å². The van der Waals surface area contributed by atoms with Gasteiger partial charge in [0.15, 0.2) is 0 Å². The molecular weight excluding hydrogens is 315 g/mol. The van der Waals surface area contributed by atoms with Gasteiger partial charge in [0, 0.05) is 14.3 Å². The van der Waals surface area contributed by atoms with E-state index in [1.807, 2.05) is 24.3 Å². The van der Waals surface area contributed by atoms with Gasteiger partial charge < -0.3 is 5.11 Å². The Morgan fingerprint density at radius 3 is 2.50 bits per heavy atom. The quantitative estimate of drug-likeness (QED) is 0.874. The number of aliphatic hydroxyl groups is 1. The Bertz CT molecular complexity index is 557. The molecule has 2 rings (SSSR count). The predicted molar refractivity (Wildman–Crippen MR) is 75.3 cm³/mol. The van der Waals surface area contributed by atoms with Gasteiger partial charge in [-0.05, 0) is 52.7 Å². The first-order valence-electron chi connectivity index (χ1n) is 5.48. The van der Waals surface area contributed by atoms with E-state index in [-0.39, 0.29) is 5.82 Å². The van der Waals surface area contributed by atoms with Gasteiger partial charge in [-0.1, -0.05) is 30.0 Å². The second kappa shape index (κ2) is 5.87. The van der Waals surface area contributed by atoms with Gasteiger partial charge in [0.25, 0.3) is 0 Å². The lowest BCUT2D eigenvalue weighted by Gasteiger charge is -2.08. The summed E-state index contributed by atoms with van der Waals surface area (Å²) in [6, 6.07) is 12.5. The van der Waals surface area contributed by atoms with Crippen molar-refractivity contribution in [3.63, 3.8) is 0 Å². The Kier molecular flexibility index (Phi) is 4.43. The maximum absolute atomic E-state index is 13.9. The average molecular weight is 327 g/mol. The second-order valence-corrected chi connectivity index (χ2v) is 5.84. The third-order valence-electron chi connectivity index (χ3n) is 2.49. The maximum Gasteiger partial charge on any atom is 0.137 e. The van der Waals surface area contributed by atoms with Crippen molar-refractivity contribution in [2.75, 3.05) is 0 Å². The van der Waals surface area contributed by atoms with Crippen LogP contribution in [0.1, 0.15) is 18.6 Å². The summed E-state index contributed by atoms with van der Waals surface area (Å²) in [7, 11) is 0. The number of rotatable bonds is 3. The van der Waals surface area contributed by atoms with Crippen molar-refractivity contribution >= 4 is 27.7 Å². The highest BCUT2D eigenvalue weighted by molar-refractivity contribution is 9.10. The summed E-state index contributed by atoms with van der Waals surface area (Å²) in [5, 5.41) is 9.39. The molecule has 2 aromatic rings. The molecule has 0 saturated heterocycles. The minimum Gasteiger partial charge on any atom is -0.389 e. The van der Waals surface area contributed by atoms with E-state index in [9.17, 15) is 9.50 Å². The summed E-state index contributed by atoms with van der Waals surface area (Å²) >= 11 is 4.79. The number of halogens is 2. The predicted octanol–water partition coefficient (Wildman–Crippen LogP) is 4.79. The van der Waals surface area contributed by atoms with Crippen molar-refractivity contribution in [1.29, 1.82) is 0 Å². The molecule has 94 valence electrons. The number of benzene rings is 2. The van der Waals surface area contributed by atoms with E-state index in [0.29, 0.717) is 10.5 Å². The van der Waals surface area contributed by atoms with Crippen LogP contribution in [0.2, 0.25) is 0 Å². The molecule has 18 heavy (non-hydrogen) atoms. The molecule has 0 bridgehead atoms. The molecule has 0 fully saturated rings. The minimum absolute atomic E-state index is 0.311. The molecule has 0 unspecified atom stereocenters. The fraction of sp³-hybridized carbons (Fsp3) is 0.143. The highest BCUT2D eigenvalue weighted by Gasteiger charge is 2.09. The van der Waals surface area contributed by atoms with Gasteiger partial charge in [-0.15, -0.1) is 0 Å². The Morgan fingerprint density at radius 1 is 1.17 bits per heavy atom. The summed E-state index contributed by atoms with van der Waals surface area (Å²) in [5.41, 5.74) is 0.587. The molecule has 1 N–H and O–H groups in total. The molecule has 0 amide bonds. The fourth-order valence-corrected chi connectivity index (χ4v) is 2.87. The van der Waals surface area contributed by atoms with Crippen LogP contribution >= 0.6 is 27.7 Å². The van der Waals surface area contributed by atoms with E-state index in [4.69, 9.17) is 0 Å². The van der Waals surface area contributed by atoms with Gasteiger partial charge in [0.2, 0.25) is 0 Å². The Labute approximate surface area is 118 Å². The van der Waals surface area contributed by atoms with Crippen molar-refractivity contribution in [3.05, 3.63) is 58.3 Å². The van der Waals surface area contributed by atoms with Gasteiger partial charge in [0.05, 0.1) is 6.10 Å². The SMILES string of the molecule is C[C@H](O)c1ccc(Sc2ccccc2Br)c(F)c1. The van der Waals surface area contributed by atoms with Gasteiger partial charge in [-0.2, -0.15) is 0 Å². The van der Waals surface area contributed by atoms with E-state index in [2.05, 4.69) is 15.9 Å². The maximum atomic E-state index is 13.9. The van der Waals surface area contributed by atoms with Crippen LogP contribution in [0.5, 0.6) is 0 Å². The molecule has 0 radical (unpaired) electrons. The number of aliphatic hydroxyl groups excluding tert-OH is 1. The first-order valence-corrected chi connectivity index (χ1v) is 7.09. The summed E-state index contributed by atoms with van der Waals surface area (Å²) in [6.07, 6.45) is -0.651. The first kappa shape index (κ1) is 13.6. The third-order valence-corrected chi connectivity index (χ3v) is 4.58. The zero-order valence-electron chi connectivity index (χ0n) is 9.73. The topological polar surface area (TPSA) is 20.2 Å². The molecule has 1 nitrogen and oxygen atoms in total. The molecule has 0 aliphatic carbocycles. The minimum atomic E-state index is -0.651. The third kappa shape index (κ3) is 3.13. The number of hydrogen-bond donors (Lipinski definition) is 1. The Balaban J connectivity index is 2.28. The van der Waals surface area contributed by atoms with Crippen LogP contribution in [0.4, 0.5) is 4.39 Å². The number of hydrogen-bond acceptors (Lipinski definition) is 2. The zero-order valence-corrected chi connectivity index (χ0v) is 12.1. The first-order chi connectivity index (χ1) is 8.58. The smallest absolute Gasteiger partial charge is 0.137 e.